The Balaban J connectivity index is 2.44. The summed E-state index contributed by atoms with van der Waals surface area (Å²) >= 11 is 0. The fraction of sp³-hybridized carbons (Fsp3) is 0.294. The molecular formula is C17H19F2N. The lowest BCUT2D eigenvalue weighted by Gasteiger charge is -2.24. The molecule has 2 unspecified atom stereocenters. The van der Waals surface area contributed by atoms with Gasteiger partial charge in [-0.3, -0.25) is 0 Å². The average Bonchev–Trinajstić information content (AvgIpc) is 2.45. The van der Waals surface area contributed by atoms with Crippen molar-refractivity contribution in [3.8, 4) is 0 Å². The Bertz CT molecular complexity index is 581. The second-order valence-electron chi connectivity index (χ2n) is 5.04. The Labute approximate surface area is 118 Å². The maximum absolute atomic E-state index is 14.2. The predicted molar refractivity (Wildman–Crippen MR) is 77.5 cm³/mol. The molecule has 0 aliphatic carbocycles. The van der Waals surface area contributed by atoms with Crippen LogP contribution in [0.25, 0.3) is 0 Å². The lowest BCUT2D eigenvalue weighted by molar-refractivity contribution is 0.469. The van der Waals surface area contributed by atoms with Crippen molar-refractivity contribution < 1.29 is 8.78 Å². The first-order valence-corrected chi connectivity index (χ1v) is 6.81. The van der Waals surface area contributed by atoms with Gasteiger partial charge in [0.25, 0.3) is 0 Å². The van der Waals surface area contributed by atoms with Gasteiger partial charge in [-0.05, 0) is 30.5 Å². The van der Waals surface area contributed by atoms with Crippen LogP contribution in [0, 0.1) is 18.6 Å². The molecule has 0 aliphatic heterocycles. The van der Waals surface area contributed by atoms with Crippen LogP contribution in [0.3, 0.4) is 0 Å². The van der Waals surface area contributed by atoms with E-state index in [1.54, 1.807) is 6.92 Å². The van der Waals surface area contributed by atoms with E-state index < -0.39 is 17.7 Å². The second-order valence-corrected chi connectivity index (χ2v) is 5.04. The lowest BCUT2D eigenvalue weighted by atomic mass is 9.85. The van der Waals surface area contributed by atoms with Gasteiger partial charge in [-0.2, -0.15) is 0 Å². The number of benzene rings is 2. The van der Waals surface area contributed by atoms with E-state index in [0.717, 1.165) is 12.0 Å². The Morgan fingerprint density at radius 3 is 2.30 bits per heavy atom. The fourth-order valence-electron chi connectivity index (χ4n) is 2.58. The molecule has 0 bridgehead atoms. The molecule has 0 saturated carbocycles. The summed E-state index contributed by atoms with van der Waals surface area (Å²) in [6.45, 7) is 3.59. The molecule has 0 aliphatic rings. The molecule has 2 aromatic carbocycles. The number of hydrogen-bond donors (Lipinski definition) is 1. The zero-order valence-electron chi connectivity index (χ0n) is 11.7. The summed E-state index contributed by atoms with van der Waals surface area (Å²) in [4.78, 5) is 0. The number of hydrogen-bond acceptors (Lipinski definition) is 1. The van der Waals surface area contributed by atoms with Gasteiger partial charge in [0, 0.05) is 17.5 Å². The van der Waals surface area contributed by atoms with E-state index >= 15 is 0 Å². The molecule has 2 aromatic rings. The van der Waals surface area contributed by atoms with Crippen LogP contribution in [0.4, 0.5) is 8.78 Å². The lowest BCUT2D eigenvalue weighted by Crippen LogP contribution is -2.22. The third kappa shape index (κ3) is 2.73. The molecular weight excluding hydrogens is 256 g/mol. The van der Waals surface area contributed by atoms with Crippen molar-refractivity contribution in [3.05, 3.63) is 70.8 Å². The zero-order chi connectivity index (χ0) is 14.7. The first kappa shape index (κ1) is 14.7. The van der Waals surface area contributed by atoms with Crippen molar-refractivity contribution in [3.63, 3.8) is 0 Å². The molecule has 0 saturated heterocycles. The largest absolute Gasteiger partial charge is 0.323 e. The highest BCUT2D eigenvalue weighted by molar-refractivity contribution is 5.33. The third-order valence-electron chi connectivity index (χ3n) is 3.75. The summed E-state index contributed by atoms with van der Waals surface area (Å²) in [7, 11) is 0. The summed E-state index contributed by atoms with van der Waals surface area (Å²) in [5.41, 5.74) is 7.58. The van der Waals surface area contributed by atoms with Crippen LogP contribution in [0.15, 0.2) is 42.5 Å². The number of halogens is 2. The monoisotopic (exact) mass is 275 g/mol. The van der Waals surface area contributed by atoms with Crippen molar-refractivity contribution in [1.29, 1.82) is 0 Å². The van der Waals surface area contributed by atoms with Crippen LogP contribution < -0.4 is 5.73 Å². The van der Waals surface area contributed by atoms with Crippen molar-refractivity contribution in [2.45, 2.75) is 32.2 Å². The summed E-state index contributed by atoms with van der Waals surface area (Å²) < 4.78 is 28.2. The molecule has 3 heteroatoms. The van der Waals surface area contributed by atoms with E-state index in [4.69, 9.17) is 5.73 Å². The van der Waals surface area contributed by atoms with E-state index in [1.807, 2.05) is 37.3 Å². The van der Waals surface area contributed by atoms with Crippen molar-refractivity contribution in [2.24, 2.45) is 5.73 Å². The molecule has 0 aromatic heterocycles. The molecule has 2 rings (SSSR count). The highest BCUT2D eigenvalue weighted by atomic mass is 19.1. The van der Waals surface area contributed by atoms with Gasteiger partial charge in [0.2, 0.25) is 0 Å². The van der Waals surface area contributed by atoms with Gasteiger partial charge in [0.15, 0.2) is 0 Å². The average molecular weight is 275 g/mol. The molecule has 0 heterocycles. The standard InChI is InChI=1S/C17H19F2N/c1-3-13(12-7-5-4-6-8-12)17(20)15-14(18)10-9-11(2)16(15)19/h4-10,13,17H,3,20H2,1-2H3. The number of nitrogens with two attached hydrogens (primary N) is 1. The molecule has 0 amide bonds. The first-order chi connectivity index (χ1) is 9.56. The predicted octanol–water partition coefficient (Wildman–Crippen LogP) is 4.47. The molecule has 2 N–H and O–H groups in total. The highest BCUT2D eigenvalue weighted by Crippen LogP contribution is 2.34. The van der Waals surface area contributed by atoms with E-state index in [-0.39, 0.29) is 11.5 Å². The molecule has 2 atom stereocenters. The minimum absolute atomic E-state index is 0.0132. The maximum atomic E-state index is 14.2. The summed E-state index contributed by atoms with van der Waals surface area (Å²) in [6.07, 6.45) is 0.720. The molecule has 0 radical (unpaired) electrons. The van der Waals surface area contributed by atoms with E-state index in [0.29, 0.717) is 5.56 Å². The van der Waals surface area contributed by atoms with Gasteiger partial charge in [-0.1, -0.05) is 43.3 Å². The van der Waals surface area contributed by atoms with E-state index in [1.165, 1.54) is 12.1 Å². The highest BCUT2D eigenvalue weighted by Gasteiger charge is 2.26. The Kier molecular flexibility index (Phi) is 4.50. The van der Waals surface area contributed by atoms with E-state index in [9.17, 15) is 8.78 Å². The Hall–Kier alpha value is -1.74. The van der Waals surface area contributed by atoms with Gasteiger partial charge in [0.1, 0.15) is 11.6 Å². The van der Waals surface area contributed by atoms with Crippen molar-refractivity contribution in [2.75, 3.05) is 0 Å². The van der Waals surface area contributed by atoms with Gasteiger partial charge in [-0.15, -0.1) is 0 Å². The molecule has 0 fully saturated rings. The first-order valence-electron chi connectivity index (χ1n) is 6.81. The number of rotatable bonds is 4. The summed E-state index contributed by atoms with van der Waals surface area (Å²) in [6, 6.07) is 11.6. The van der Waals surface area contributed by atoms with Gasteiger partial charge >= 0.3 is 0 Å². The van der Waals surface area contributed by atoms with Crippen LogP contribution in [0.5, 0.6) is 0 Å². The Morgan fingerprint density at radius 1 is 1.05 bits per heavy atom. The second kappa shape index (κ2) is 6.14. The van der Waals surface area contributed by atoms with E-state index in [2.05, 4.69) is 0 Å². The van der Waals surface area contributed by atoms with Gasteiger partial charge in [-0.25, -0.2) is 8.78 Å². The van der Waals surface area contributed by atoms with Gasteiger partial charge < -0.3 is 5.73 Å². The smallest absolute Gasteiger partial charge is 0.133 e. The minimum Gasteiger partial charge on any atom is -0.323 e. The van der Waals surface area contributed by atoms with Crippen molar-refractivity contribution >= 4 is 0 Å². The SMILES string of the molecule is CCC(c1ccccc1)C(N)c1c(F)ccc(C)c1F. The van der Waals surface area contributed by atoms with Crippen molar-refractivity contribution in [1.82, 2.24) is 0 Å². The molecule has 0 spiro atoms. The van der Waals surface area contributed by atoms with Crippen LogP contribution in [0.1, 0.15) is 42.0 Å². The van der Waals surface area contributed by atoms with Crippen LogP contribution in [0.2, 0.25) is 0 Å². The fourth-order valence-corrected chi connectivity index (χ4v) is 2.58. The molecule has 106 valence electrons. The molecule has 20 heavy (non-hydrogen) atoms. The third-order valence-corrected chi connectivity index (χ3v) is 3.75. The normalized spacial score (nSPS) is 14.1. The van der Waals surface area contributed by atoms with Crippen LogP contribution in [-0.4, -0.2) is 0 Å². The topological polar surface area (TPSA) is 26.0 Å². The minimum atomic E-state index is -0.692. The molecule has 1 nitrogen and oxygen atoms in total. The van der Waals surface area contributed by atoms with Gasteiger partial charge in [0.05, 0.1) is 0 Å². The zero-order valence-corrected chi connectivity index (χ0v) is 11.7. The number of aryl methyl sites for hydroxylation is 1. The quantitative estimate of drug-likeness (QED) is 0.875. The van der Waals surface area contributed by atoms with Crippen LogP contribution >= 0.6 is 0 Å². The maximum Gasteiger partial charge on any atom is 0.133 e. The summed E-state index contributed by atoms with van der Waals surface area (Å²) in [5, 5.41) is 0. The summed E-state index contributed by atoms with van der Waals surface area (Å²) in [5.74, 6) is -1.22. The Morgan fingerprint density at radius 2 is 1.70 bits per heavy atom. The van der Waals surface area contributed by atoms with Crippen LogP contribution in [-0.2, 0) is 0 Å².